The average molecular weight is 1120 g/mol. The lowest BCUT2D eigenvalue weighted by atomic mass is 9.81. The maximum Gasteiger partial charge on any atom is 0.243 e. The number of β-amino-alcohol motifs (C(OH)–C–C–N with tert-alkyl or cyclic N) is 1. The van der Waals surface area contributed by atoms with Gasteiger partial charge in [0.15, 0.2) is 17.4 Å². The highest BCUT2D eigenvalue weighted by atomic mass is 32.1. The summed E-state index contributed by atoms with van der Waals surface area (Å²) in [6, 6.07) is 22.9. The van der Waals surface area contributed by atoms with Crippen LogP contribution in [0, 0.1) is 24.7 Å². The molecule has 1 aliphatic carbocycles. The van der Waals surface area contributed by atoms with E-state index in [0.717, 1.165) is 130 Å². The number of piperidine rings is 1. The Morgan fingerprint density at radius 2 is 1.56 bits per heavy atom. The minimum absolute atomic E-state index is 0.0872. The molecule has 6 aromatic rings. The number of nitrogen functional groups attached to an aromatic ring is 1. The maximum absolute atomic E-state index is 14.4. The molecule has 6 fully saturated rings. The van der Waals surface area contributed by atoms with E-state index >= 15 is 0 Å². The van der Waals surface area contributed by atoms with Crippen LogP contribution in [-0.4, -0.2) is 164 Å². The second-order valence-electron chi connectivity index (χ2n) is 24.0. The summed E-state index contributed by atoms with van der Waals surface area (Å²) >= 11 is 1.60. The van der Waals surface area contributed by atoms with E-state index in [4.69, 9.17) is 15.0 Å². The van der Waals surface area contributed by atoms with Crippen LogP contribution in [0.5, 0.6) is 11.6 Å². The first-order valence-corrected chi connectivity index (χ1v) is 30.2. The highest BCUT2D eigenvalue weighted by molar-refractivity contribution is 7.13. The third-order valence-corrected chi connectivity index (χ3v) is 19.1. The molecular weight excluding hydrogens is 1040 g/mol. The lowest BCUT2D eigenvalue weighted by molar-refractivity contribution is -0.141. The molecule has 5 saturated heterocycles. The van der Waals surface area contributed by atoms with Crippen molar-refractivity contribution in [3.63, 3.8) is 0 Å². The zero-order chi connectivity index (χ0) is 55.9. The normalized spacial score (nSPS) is 24.4. The molecule has 6 atom stereocenters. The van der Waals surface area contributed by atoms with Gasteiger partial charge in [0.2, 0.25) is 17.7 Å². The van der Waals surface area contributed by atoms with Gasteiger partial charge in [0, 0.05) is 107 Å². The Morgan fingerprint density at radius 3 is 2.27 bits per heavy atom. The van der Waals surface area contributed by atoms with Crippen molar-refractivity contribution in [3.8, 4) is 33.3 Å². The quantitative estimate of drug-likeness (QED) is 0.0700. The molecule has 2 bridgehead atoms. The summed E-state index contributed by atoms with van der Waals surface area (Å²) in [5.74, 6) is 2.51. The first-order valence-electron chi connectivity index (χ1n) is 29.3. The summed E-state index contributed by atoms with van der Waals surface area (Å²) in [5, 5.41) is 37.5. The van der Waals surface area contributed by atoms with Crippen LogP contribution in [0.15, 0.2) is 89.0 Å². The number of benzene rings is 2. The number of nitrogens with two attached hydrogens (primary N) is 1. The van der Waals surface area contributed by atoms with Gasteiger partial charge in [0.1, 0.15) is 23.8 Å². The number of anilines is 4. The van der Waals surface area contributed by atoms with E-state index in [1.54, 1.807) is 28.4 Å². The number of phenols is 1. The second kappa shape index (κ2) is 23.5. The molecular formula is C61H77N13O6S. The van der Waals surface area contributed by atoms with Gasteiger partial charge < -0.3 is 55.0 Å². The van der Waals surface area contributed by atoms with Gasteiger partial charge >= 0.3 is 0 Å². The fraction of sp³-hybridized carbons (Fsp3) is 0.525. The smallest absolute Gasteiger partial charge is 0.243 e. The number of aromatic nitrogens is 5. The number of phenolic OH excluding ortho intramolecular Hbond substituents is 1. The van der Waals surface area contributed by atoms with E-state index < -0.39 is 18.1 Å². The van der Waals surface area contributed by atoms with Gasteiger partial charge in [-0.05, 0) is 119 Å². The number of aromatic hydroxyl groups is 1. The number of hydrogen-bond donors (Lipinski definition) is 4. The number of carbonyl (C=O) groups excluding carboxylic acids is 2. The molecule has 20 heteroatoms. The number of nitrogens with one attached hydrogen (secondary N) is 1. The number of piperazine rings is 2. The Bertz CT molecular complexity index is 3140. The van der Waals surface area contributed by atoms with Crippen LogP contribution < -0.4 is 30.5 Å². The Hall–Kier alpha value is -6.87. The first-order chi connectivity index (χ1) is 39.3. The number of hydrogen-bond acceptors (Lipinski definition) is 18. The monoisotopic (exact) mass is 1120 g/mol. The number of pyridine rings is 1. The second-order valence-corrected chi connectivity index (χ2v) is 24.9. The van der Waals surface area contributed by atoms with Gasteiger partial charge in [-0.3, -0.25) is 14.5 Å². The fourth-order valence-corrected chi connectivity index (χ4v) is 14.4. The van der Waals surface area contributed by atoms with Crippen molar-refractivity contribution in [2.75, 3.05) is 92.4 Å². The molecule has 1 saturated carbocycles. The first kappa shape index (κ1) is 54.7. The van der Waals surface area contributed by atoms with Gasteiger partial charge in [0.25, 0.3) is 0 Å². The molecule has 19 nitrogen and oxygen atoms in total. The fourth-order valence-electron chi connectivity index (χ4n) is 13.6. The zero-order valence-electron chi connectivity index (χ0n) is 47.0. The third-order valence-electron chi connectivity index (χ3n) is 18.1. The highest BCUT2D eigenvalue weighted by Crippen LogP contribution is 2.41. The number of nitrogens with zero attached hydrogens (tertiary/aromatic N) is 11. The number of carbonyl (C=O) groups is 2. The molecule has 4 aromatic heterocycles. The molecule has 2 aromatic carbocycles. The van der Waals surface area contributed by atoms with E-state index in [9.17, 15) is 19.8 Å². The van der Waals surface area contributed by atoms with Crippen LogP contribution in [0.4, 0.5) is 23.0 Å². The van der Waals surface area contributed by atoms with E-state index in [1.165, 1.54) is 12.8 Å². The Morgan fingerprint density at radius 1 is 0.827 bits per heavy atom. The van der Waals surface area contributed by atoms with Crippen molar-refractivity contribution in [1.29, 1.82) is 0 Å². The van der Waals surface area contributed by atoms with Crippen molar-refractivity contribution < 1.29 is 29.1 Å². The summed E-state index contributed by atoms with van der Waals surface area (Å²) in [6.07, 6.45) is 8.16. The minimum atomic E-state index is -0.800. The summed E-state index contributed by atoms with van der Waals surface area (Å²) in [6.45, 7) is 17.6. The van der Waals surface area contributed by atoms with Crippen molar-refractivity contribution in [1.82, 2.24) is 45.3 Å². The average Bonchev–Trinajstić information content (AvgIpc) is 4.28. The van der Waals surface area contributed by atoms with E-state index in [-0.39, 0.29) is 48.6 Å². The SMILES string of the molecule is Cc1ncsc1-c1ccc([C@H](C)NC(=O)[C@@H]2C[C@@H](O)CN2C(=O)[C@H](c2cc(N3CCN(CC4CCN(CC5CC(Oc6cc(N7C8CC[C@@H]7CN(c7cc(-c9ccccc9O)nnc7N)C8)ccn6)C5)CC4)CC3)no2)C(C)C)cc1. The Balaban J connectivity index is 0.564. The van der Waals surface area contributed by atoms with Crippen LogP contribution in [0.25, 0.3) is 21.7 Å². The van der Waals surface area contributed by atoms with Crippen LogP contribution in [-0.2, 0) is 9.59 Å². The number of ether oxygens (including phenoxy) is 1. The lowest BCUT2D eigenvalue weighted by Gasteiger charge is -2.43. The number of thiazole rings is 1. The summed E-state index contributed by atoms with van der Waals surface area (Å²) in [5.41, 5.74) is 14.5. The third kappa shape index (κ3) is 11.8. The number of aryl methyl sites for hydroxylation is 1. The summed E-state index contributed by atoms with van der Waals surface area (Å²) in [7, 11) is 0. The number of aliphatic hydroxyl groups is 1. The van der Waals surface area contributed by atoms with E-state index in [1.807, 2.05) is 87.9 Å². The maximum atomic E-state index is 14.4. The van der Waals surface area contributed by atoms with Crippen molar-refractivity contribution in [3.05, 3.63) is 102 Å². The topological polar surface area (TPSA) is 219 Å². The predicted octanol–water partition coefficient (Wildman–Crippen LogP) is 7.37. The van der Waals surface area contributed by atoms with Crippen LogP contribution >= 0.6 is 11.3 Å². The van der Waals surface area contributed by atoms with Crippen molar-refractivity contribution >= 4 is 46.2 Å². The van der Waals surface area contributed by atoms with E-state index in [0.29, 0.717) is 52.6 Å². The van der Waals surface area contributed by atoms with Gasteiger partial charge in [-0.25, -0.2) is 9.97 Å². The minimum Gasteiger partial charge on any atom is -0.507 e. The van der Waals surface area contributed by atoms with Crippen LogP contribution in [0.1, 0.15) is 94.7 Å². The lowest BCUT2D eigenvalue weighted by Crippen LogP contribution is -2.54. The molecule has 5 N–H and O–H groups in total. The number of amides is 2. The molecule has 12 rings (SSSR count). The number of rotatable bonds is 17. The van der Waals surface area contributed by atoms with Gasteiger partial charge in [-0.15, -0.1) is 21.5 Å². The molecule has 0 spiro atoms. The van der Waals surface area contributed by atoms with E-state index in [2.05, 4.69) is 67.3 Å². The van der Waals surface area contributed by atoms with Gasteiger partial charge in [-0.1, -0.05) is 55.4 Å². The van der Waals surface area contributed by atoms with Crippen molar-refractivity contribution in [2.45, 2.75) is 115 Å². The molecule has 0 radical (unpaired) electrons. The molecule has 2 amide bonds. The van der Waals surface area contributed by atoms with Crippen LogP contribution in [0.2, 0.25) is 0 Å². The largest absolute Gasteiger partial charge is 0.507 e. The molecule has 5 aliphatic heterocycles. The van der Waals surface area contributed by atoms with Gasteiger partial charge in [-0.2, -0.15) is 0 Å². The van der Waals surface area contributed by atoms with Gasteiger partial charge in [0.05, 0.1) is 39.6 Å². The Kier molecular flexibility index (Phi) is 15.9. The van der Waals surface area contributed by atoms with Crippen molar-refractivity contribution in [2.24, 2.45) is 17.8 Å². The highest BCUT2D eigenvalue weighted by Gasteiger charge is 2.45. The molecule has 428 valence electrons. The molecule has 9 heterocycles. The molecule has 81 heavy (non-hydrogen) atoms. The summed E-state index contributed by atoms with van der Waals surface area (Å²) < 4.78 is 12.5. The number of likely N-dealkylation sites (tertiary alicyclic amines) is 2. The van der Waals surface area contributed by atoms with Crippen LogP contribution in [0.3, 0.4) is 0 Å². The molecule has 1 unspecified atom stereocenters. The number of para-hydroxylation sites is 1. The zero-order valence-corrected chi connectivity index (χ0v) is 47.8. The number of aliphatic hydroxyl groups excluding tert-OH is 1. The molecule has 6 aliphatic rings. The standard InChI is InChI=1S/C61H77N13O6S/c1-37(2)57(61(78)73-35-47(75)28-52(73)60(77)65-38(3)42-9-11-43(12-10-42)58-39(4)64-36-81-58)54-30-55(68-80-54)71-23-21-70(22-24-71)31-40-16-19-69(20-17-40)32-41-25-48(26-41)79-56-27-44(15-18-63-56)74-45-13-14-46(74)34-72(33-45)51-29-50(66-67-59(51)62)49-7-5-6-8-53(49)76/h5-12,15,18,27,29-30,36-38,40-41,45-48,52,57,75-76H,13-14,16-17,19-26,28,31-35H2,1-4H3,(H2,62,67)(H,65,77)/t38-,41?,45+,46?,47+,48?,52-,57-/m0/s1. The summed E-state index contributed by atoms with van der Waals surface area (Å²) in [4.78, 5) is 52.3. The predicted molar refractivity (Wildman–Crippen MR) is 313 cm³/mol. The number of fused-ring (bicyclic) bond motifs is 2. The Labute approximate surface area is 478 Å².